The molecule has 14 heteroatoms. The van der Waals surface area contributed by atoms with Crippen LogP contribution in [-0.2, 0) is 9.59 Å². The second kappa shape index (κ2) is 10.8. The highest BCUT2D eigenvalue weighted by Gasteiger charge is 2.15. The first-order valence-corrected chi connectivity index (χ1v) is 12.7. The first kappa shape index (κ1) is 24.4. The van der Waals surface area contributed by atoms with Crippen LogP contribution in [0.1, 0.15) is 6.42 Å². The number of H-pyrrole nitrogens is 1. The average molecular weight is 554 g/mol. The molecule has 0 unspecified atom stereocenters. The first-order chi connectivity index (χ1) is 17.9. The van der Waals surface area contributed by atoms with Crippen molar-refractivity contribution < 1.29 is 18.7 Å². The number of benzene rings is 2. The highest BCUT2D eigenvalue weighted by Crippen LogP contribution is 2.38. The van der Waals surface area contributed by atoms with Crippen LogP contribution in [-0.4, -0.2) is 32.0 Å². The van der Waals surface area contributed by atoms with E-state index in [0.29, 0.717) is 37.5 Å². The highest BCUT2D eigenvalue weighted by molar-refractivity contribution is 7.73. The zero-order valence-corrected chi connectivity index (χ0v) is 21.1. The fourth-order valence-electron chi connectivity index (χ4n) is 3.22. The Kier molecular flexibility index (Phi) is 7.11. The first-order valence-electron chi connectivity index (χ1n) is 10.6. The molecule has 0 atom stereocenters. The molecule has 5 rings (SSSR count). The number of amides is 2. The topological polar surface area (TPSA) is 134 Å². The number of nitrogens with zero attached hydrogens (tertiary/aromatic N) is 3. The maximum atomic E-state index is 13.0. The number of nitrogens with one attached hydrogen (secondary N) is 4. The van der Waals surface area contributed by atoms with Gasteiger partial charge in [-0.1, -0.05) is 11.3 Å². The van der Waals surface area contributed by atoms with Gasteiger partial charge in [-0.2, -0.15) is 0 Å². The Balaban J connectivity index is 1.22. The second-order valence-electron chi connectivity index (χ2n) is 7.46. The zero-order chi connectivity index (χ0) is 25.8. The third-order valence-corrected chi connectivity index (χ3v) is 6.71. The Hall–Kier alpha value is -4.27. The smallest absolute Gasteiger partial charge is 0.233 e. The third-order valence-electron chi connectivity index (χ3n) is 4.82. The van der Waals surface area contributed by atoms with Crippen molar-refractivity contribution in [1.82, 2.24) is 20.2 Å². The van der Waals surface area contributed by atoms with Crippen molar-refractivity contribution in [2.24, 2.45) is 0 Å². The Bertz CT molecular complexity index is 1630. The molecule has 37 heavy (non-hydrogen) atoms. The predicted octanol–water partition coefficient (Wildman–Crippen LogP) is 5.85. The van der Waals surface area contributed by atoms with Crippen LogP contribution in [0.15, 0.2) is 60.2 Å². The largest absolute Gasteiger partial charge is 0.438 e. The Morgan fingerprint density at radius 3 is 2.32 bits per heavy atom. The molecule has 0 saturated heterocycles. The minimum absolute atomic E-state index is 0.349. The van der Waals surface area contributed by atoms with Gasteiger partial charge in [0.05, 0.1) is 11.1 Å². The van der Waals surface area contributed by atoms with Gasteiger partial charge in [0, 0.05) is 16.8 Å². The van der Waals surface area contributed by atoms with E-state index in [-0.39, 0.29) is 0 Å². The summed E-state index contributed by atoms with van der Waals surface area (Å²) in [6, 6.07) is 11.9. The molecule has 2 amide bonds. The summed E-state index contributed by atoms with van der Waals surface area (Å²) in [5.74, 6) is -0.597. The van der Waals surface area contributed by atoms with Crippen LogP contribution in [0.2, 0.25) is 0 Å². The maximum absolute atomic E-state index is 13.0. The van der Waals surface area contributed by atoms with E-state index in [1.165, 1.54) is 53.3 Å². The van der Waals surface area contributed by atoms with Crippen LogP contribution in [0.3, 0.4) is 0 Å². The molecular weight excluding hydrogens is 537 g/mol. The van der Waals surface area contributed by atoms with Crippen LogP contribution in [0.25, 0.3) is 10.2 Å². The van der Waals surface area contributed by atoms with E-state index in [0.717, 1.165) is 10.5 Å². The van der Waals surface area contributed by atoms with Crippen molar-refractivity contribution in [2.45, 2.75) is 6.42 Å². The summed E-state index contributed by atoms with van der Waals surface area (Å²) >= 11 is 7.81. The highest BCUT2D eigenvalue weighted by atomic mass is 32.1. The molecular formula is C23H16FN7O3S3. The van der Waals surface area contributed by atoms with Gasteiger partial charge < -0.3 is 20.7 Å². The molecule has 3 heterocycles. The molecule has 0 fully saturated rings. The van der Waals surface area contributed by atoms with Gasteiger partial charge in [0.15, 0.2) is 3.95 Å². The van der Waals surface area contributed by atoms with E-state index in [1.807, 2.05) is 5.38 Å². The molecule has 186 valence electrons. The van der Waals surface area contributed by atoms with Crippen molar-refractivity contribution in [3.05, 3.63) is 70.0 Å². The van der Waals surface area contributed by atoms with Crippen molar-refractivity contribution in [3.8, 4) is 11.6 Å². The lowest BCUT2D eigenvalue weighted by Gasteiger charge is -2.09. The van der Waals surface area contributed by atoms with Crippen molar-refractivity contribution in [2.75, 3.05) is 16.0 Å². The van der Waals surface area contributed by atoms with Gasteiger partial charge in [0.25, 0.3) is 0 Å². The average Bonchev–Trinajstić information content (AvgIpc) is 3.48. The van der Waals surface area contributed by atoms with Crippen molar-refractivity contribution in [3.63, 3.8) is 0 Å². The molecule has 4 N–H and O–H groups in total. The molecule has 0 aliphatic carbocycles. The second-order valence-corrected chi connectivity index (χ2v) is 9.98. The maximum Gasteiger partial charge on any atom is 0.233 e. The van der Waals surface area contributed by atoms with Gasteiger partial charge >= 0.3 is 0 Å². The van der Waals surface area contributed by atoms with E-state index in [1.54, 1.807) is 24.3 Å². The summed E-state index contributed by atoms with van der Waals surface area (Å²) in [5, 5.41) is 18.4. The lowest BCUT2D eigenvalue weighted by molar-refractivity contribution is -0.123. The number of ether oxygens (including phenoxy) is 1. The number of hydrogen-bond acceptors (Lipinski definition) is 10. The lowest BCUT2D eigenvalue weighted by atomic mass is 10.2. The molecule has 0 aliphatic heterocycles. The fraction of sp³-hybridized carbons (Fsp3) is 0.0435. The number of carbonyl (C=O) groups is 2. The molecule has 0 radical (unpaired) electrons. The van der Waals surface area contributed by atoms with E-state index in [9.17, 15) is 14.0 Å². The van der Waals surface area contributed by atoms with Gasteiger partial charge in [-0.15, -0.1) is 16.4 Å². The number of anilines is 4. The Morgan fingerprint density at radius 2 is 1.68 bits per heavy atom. The number of halogens is 1. The summed E-state index contributed by atoms with van der Waals surface area (Å²) in [6.45, 7) is 0. The SMILES string of the molecule is O=C(CC(=O)Nc1ccc(Oc2ncnc3scc(Nc4n[nH]c(=S)s4)c23)cc1)Nc1ccc(F)cc1. The minimum Gasteiger partial charge on any atom is -0.438 e. The number of thiophene rings is 1. The van der Waals surface area contributed by atoms with Crippen molar-refractivity contribution in [1.29, 1.82) is 0 Å². The minimum atomic E-state index is -0.517. The van der Waals surface area contributed by atoms with Crippen molar-refractivity contribution >= 4 is 79.1 Å². The van der Waals surface area contributed by atoms with Gasteiger partial charge in [-0.25, -0.2) is 14.4 Å². The summed E-state index contributed by atoms with van der Waals surface area (Å²) in [7, 11) is 0. The van der Waals surface area contributed by atoms with Crippen LogP contribution < -0.4 is 20.7 Å². The molecule has 2 aromatic carbocycles. The predicted molar refractivity (Wildman–Crippen MR) is 143 cm³/mol. The fourth-order valence-corrected chi connectivity index (χ4v) is 4.85. The van der Waals surface area contributed by atoms with Gasteiger partial charge in [0.2, 0.25) is 22.8 Å². The lowest BCUT2D eigenvalue weighted by Crippen LogP contribution is -2.21. The van der Waals surface area contributed by atoms with E-state index in [4.69, 9.17) is 17.0 Å². The van der Waals surface area contributed by atoms with Crippen LogP contribution in [0.5, 0.6) is 11.6 Å². The Morgan fingerprint density at radius 1 is 1.00 bits per heavy atom. The Labute approximate surface area is 221 Å². The summed E-state index contributed by atoms with van der Waals surface area (Å²) in [4.78, 5) is 33.6. The molecule has 0 saturated carbocycles. The number of hydrogen-bond donors (Lipinski definition) is 4. The van der Waals surface area contributed by atoms with Gasteiger partial charge in [-0.05, 0) is 60.7 Å². The summed E-state index contributed by atoms with van der Waals surface area (Å²) in [5.41, 5.74) is 1.62. The van der Waals surface area contributed by atoms with E-state index < -0.39 is 24.1 Å². The normalized spacial score (nSPS) is 10.7. The number of fused-ring (bicyclic) bond motifs is 1. The van der Waals surface area contributed by atoms with Crippen LogP contribution >= 0.6 is 34.9 Å². The third kappa shape index (κ3) is 6.11. The number of aromatic nitrogens is 4. The molecule has 10 nitrogen and oxygen atoms in total. The van der Waals surface area contributed by atoms with Crippen LogP contribution in [0.4, 0.5) is 26.6 Å². The summed E-state index contributed by atoms with van der Waals surface area (Å²) in [6.07, 6.45) is 1.02. The summed E-state index contributed by atoms with van der Waals surface area (Å²) < 4.78 is 19.5. The molecule has 0 spiro atoms. The van der Waals surface area contributed by atoms with Crippen LogP contribution in [0, 0.1) is 9.77 Å². The van der Waals surface area contributed by atoms with Gasteiger partial charge in [-0.3, -0.25) is 14.7 Å². The molecule has 0 aliphatic rings. The molecule has 5 aromatic rings. The zero-order valence-electron chi connectivity index (χ0n) is 18.6. The number of aromatic amines is 1. The van der Waals surface area contributed by atoms with E-state index in [2.05, 4.69) is 36.1 Å². The number of carbonyl (C=O) groups excluding carboxylic acids is 2. The quantitative estimate of drug-likeness (QED) is 0.139. The van der Waals surface area contributed by atoms with E-state index >= 15 is 0 Å². The monoisotopic (exact) mass is 553 g/mol. The number of rotatable bonds is 8. The molecule has 3 aromatic heterocycles. The van der Waals surface area contributed by atoms with Gasteiger partial charge in [0.1, 0.15) is 29.1 Å². The molecule has 0 bridgehead atoms. The standard InChI is InChI=1S/C23H16FN7O3S3/c24-12-1-3-13(4-2-12)27-17(32)9-18(33)28-14-5-7-15(8-6-14)34-20-19-16(10-36-21(19)26-11-25-20)29-22-30-31-23(35)37-22/h1-8,10-11H,9H2,(H,27,32)(H,28,33)(H,29,30)(H,31,35).